The maximum atomic E-state index is 12.9. The zero-order chi connectivity index (χ0) is 21.0. The van der Waals surface area contributed by atoms with E-state index in [-0.39, 0.29) is 23.0 Å². The van der Waals surface area contributed by atoms with Gasteiger partial charge in [-0.05, 0) is 56.2 Å². The molecule has 9 nitrogen and oxygen atoms in total. The van der Waals surface area contributed by atoms with Gasteiger partial charge in [-0.1, -0.05) is 0 Å². The largest absolute Gasteiger partial charge is 0.481 e. The van der Waals surface area contributed by atoms with Gasteiger partial charge in [0.15, 0.2) is 6.10 Å². The van der Waals surface area contributed by atoms with Gasteiger partial charge in [-0.25, -0.2) is 4.39 Å². The maximum Gasteiger partial charge on any atom is 0.293 e. The number of amides is 2. The minimum absolute atomic E-state index is 0.0189. The number of carbonyl (C=O) groups excluding carboxylic acids is 2. The Morgan fingerprint density at radius 1 is 1.17 bits per heavy atom. The van der Waals surface area contributed by atoms with Gasteiger partial charge in [-0.2, -0.15) is 0 Å². The fourth-order valence-electron chi connectivity index (χ4n) is 2.46. The van der Waals surface area contributed by atoms with Crippen LogP contribution in [0.1, 0.15) is 30.1 Å². The van der Waals surface area contributed by atoms with E-state index in [2.05, 4.69) is 16.2 Å². The third-order valence-electron chi connectivity index (χ3n) is 4.19. The molecule has 2 aromatic rings. The SMILES string of the molecule is C[C@H](Oc1ccc(F)cc1)C(=O)NNC(=O)c1ccc(NC2CC2)c([N+](=O)[O-])c1. The van der Waals surface area contributed by atoms with Gasteiger partial charge in [0.2, 0.25) is 0 Å². The van der Waals surface area contributed by atoms with Crippen LogP contribution in [0.3, 0.4) is 0 Å². The van der Waals surface area contributed by atoms with Crippen LogP contribution in [0.2, 0.25) is 0 Å². The molecule has 1 aliphatic rings. The lowest BCUT2D eigenvalue weighted by Gasteiger charge is -2.15. The van der Waals surface area contributed by atoms with Crippen molar-refractivity contribution in [3.63, 3.8) is 0 Å². The topological polar surface area (TPSA) is 123 Å². The Labute approximate surface area is 165 Å². The molecule has 0 heterocycles. The van der Waals surface area contributed by atoms with Crippen LogP contribution in [0.4, 0.5) is 15.8 Å². The number of nitrogens with one attached hydrogen (secondary N) is 3. The van der Waals surface area contributed by atoms with Crippen molar-refractivity contribution in [2.45, 2.75) is 31.9 Å². The highest BCUT2D eigenvalue weighted by atomic mass is 19.1. The quantitative estimate of drug-likeness (QED) is 0.483. The molecule has 29 heavy (non-hydrogen) atoms. The zero-order valence-electron chi connectivity index (χ0n) is 15.5. The zero-order valence-corrected chi connectivity index (χ0v) is 15.5. The Morgan fingerprint density at radius 2 is 1.86 bits per heavy atom. The molecule has 1 saturated carbocycles. The number of benzene rings is 2. The van der Waals surface area contributed by atoms with E-state index in [1.165, 1.54) is 43.3 Å². The molecule has 0 bridgehead atoms. The summed E-state index contributed by atoms with van der Waals surface area (Å²) in [6.07, 6.45) is 0.924. The highest BCUT2D eigenvalue weighted by molar-refractivity contribution is 5.97. The molecule has 1 fully saturated rings. The molecule has 1 atom stereocenters. The molecule has 0 unspecified atom stereocenters. The van der Waals surface area contributed by atoms with Crippen molar-refractivity contribution >= 4 is 23.2 Å². The van der Waals surface area contributed by atoms with E-state index in [1.807, 2.05) is 0 Å². The van der Waals surface area contributed by atoms with Crippen molar-refractivity contribution in [2.24, 2.45) is 0 Å². The third-order valence-corrected chi connectivity index (χ3v) is 4.19. The number of ether oxygens (including phenoxy) is 1. The van der Waals surface area contributed by atoms with E-state index in [1.54, 1.807) is 0 Å². The highest BCUT2D eigenvalue weighted by Crippen LogP contribution is 2.31. The summed E-state index contributed by atoms with van der Waals surface area (Å²) in [5, 5.41) is 14.3. The van der Waals surface area contributed by atoms with Crippen LogP contribution in [0.15, 0.2) is 42.5 Å². The van der Waals surface area contributed by atoms with Crippen LogP contribution in [0, 0.1) is 15.9 Å². The lowest BCUT2D eigenvalue weighted by Crippen LogP contribution is -2.47. The van der Waals surface area contributed by atoms with E-state index in [9.17, 15) is 24.1 Å². The van der Waals surface area contributed by atoms with Crippen LogP contribution in [0.5, 0.6) is 5.75 Å². The van der Waals surface area contributed by atoms with Gasteiger partial charge in [0.25, 0.3) is 17.5 Å². The number of halogens is 1. The molecular formula is C19H19FN4O5. The van der Waals surface area contributed by atoms with Crippen molar-refractivity contribution in [2.75, 3.05) is 5.32 Å². The number of carbonyl (C=O) groups is 2. The predicted molar refractivity (Wildman–Crippen MR) is 102 cm³/mol. The number of anilines is 1. The van der Waals surface area contributed by atoms with Crippen LogP contribution < -0.4 is 20.9 Å². The summed E-state index contributed by atoms with van der Waals surface area (Å²) in [7, 11) is 0. The summed E-state index contributed by atoms with van der Waals surface area (Å²) in [6, 6.07) is 9.38. The van der Waals surface area contributed by atoms with Gasteiger partial charge in [0, 0.05) is 17.7 Å². The summed E-state index contributed by atoms with van der Waals surface area (Å²) >= 11 is 0. The molecule has 3 N–H and O–H groups in total. The molecule has 3 rings (SSSR count). The number of rotatable bonds is 7. The second kappa shape index (κ2) is 8.55. The van der Waals surface area contributed by atoms with Gasteiger partial charge in [-0.3, -0.25) is 30.6 Å². The summed E-state index contributed by atoms with van der Waals surface area (Å²) in [6.45, 7) is 1.45. The second-order valence-corrected chi connectivity index (χ2v) is 6.57. The molecule has 0 saturated heterocycles. The monoisotopic (exact) mass is 402 g/mol. The van der Waals surface area contributed by atoms with Gasteiger partial charge in [0.05, 0.1) is 4.92 Å². The maximum absolute atomic E-state index is 12.9. The first-order valence-electron chi connectivity index (χ1n) is 8.91. The van der Waals surface area contributed by atoms with Crippen molar-refractivity contribution in [3.8, 4) is 5.75 Å². The number of nitro benzene ring substituents is 1. The standard InChI is InChI=1S/C19H19FN4O5/c1-11(29-15-7-3-13(20)4-8-15)18(25)22-23-19(26)12-2-9-16(21-14-5-6-14)17(10-12)24(27)28/h2-4,7-11,14,21H,5-6H2,1H3,(H,22,25)(H,23,26)/t11-/m0/s1. The number of hydrogen-bond donors (Lipinski definition) is 3. The molecule has 0 aromatic heterocycles. The van der Waals surface area contributed by atoms with Gasteiger partial charge >= 0.3 is 0 Å². The fourth-order valence-corrected chi connectivity index (χ4v) is 2.46. The van der Waals surface area contributed by atoms with Crippen molar-refractivity contribution in [3.05, 3.63) is 64.0 Å². The normalized spacial score (nSPS) is 13.9. The van der Waals surface area contributed by atoms with Crippen molar-refractivity contribution in [1.82, 2.24) is 10.9 Å². The molecule has 0 radical (unpaired) electrons. The van der Waals surface area contributed by atoms with E-state index in [0.29, 0.717) is 5.69 Å². The average Bonchev–Trinajstić information content (AvgIpc) is 3.51. The minimum atomic E-state index is -0.972. The van der Waals surface area contributed by atoms with E-state index < -0.39 is 28.7 Å². The van der Waals surface area contributed by atoms with Gasteiger partial charge < -0.3 is 10.1 Å². The van der Waals surface area contributed by atoms with Crippen molar-refractivity contribution < 1.29 is 23.6 Å². The second-order valence-electron chi connectivity index (χ2n) is 6.57. The van der Waals surface area contributed by atoms with Crippen molar-refractivity contribution in [1.29, 1.82) is 0 Å². The summed E-state index contributed by atoms with van der Waals surface area (Å²) in [5.41, 5.74) is 4.53. The first-order valence-corrected chi connectivity index (χ1v) is 8.91. The van der Waals surface area contributed by atoms with Gasteiger partial charge in [0.1, 0.15) is 17.3 Å². The molecule has 152 valence electrons. The number of nitrogens with zero attached hydrogens (tertiary/aromatic N) is 1. The van der Waals surface area contributed by atoms with Crippen LogP contribution >= 0.6 is 0 Å². The fraction of sp³-hybridized carbons (Fsp3) is 0.263. The first kappa shape index (κ1) is 20.1. The van der Waals surface area contributed by atoms with Gasteiger partial charge in [-0.15, -0.1) is 0 Å². The molecular weight excluding hydrogens is 383 g/mol. The predicted octanol–water partition coefficient (Wildman–Crippen LogP) is 2.54. The molecule has 2 amide bonds. The third kappa shape index (κ3) is 5.41. The molecule has 10 heteroatoms. The highest BCUT2D eigenvalue weighted by Gasteiger charge is 2.25. The number of hydrogen-bond acceptors (Lipinski definition) is 6. The van der Waals surface area contributed by atoms with Crippen LogP contribution in [-0.4, -0.2) is 28.9 Å². The number of hydrazine groups is 1. The first-order chi connectivity index (χ1) is 13.8. The Morgan fingerprint density at radius 3 is 2.48 bits per heavy atom. The number of nitro groups is 1. The Hall–Kier alpha value is -3.69. The molecule has 0 aliphatic heterocycles. The Kier molecular flexibility index (Phi) is 5.91. The van der Waals surface area contributed by atoms with E-state index in [4.69, 9.17) is 4.74 Å². The summed E-state index contributed by atoms with van der Waals surface area (Å²) < 4.78 is 18.2. The summed E-state index contributed by atoms with van der Waals surface area (Å²) in [4.78, 5) is 35.0. The Balaban J connectivity index is 1.57. The van der Waals surface area contributed by atoms with Crippen LogP contribution in [0.25, 0.3) is 0 Å². The molecule has 2 aromatic carbocycles. The Bertz CT molecular complexity index is 931. The lowest BCUT2D eigenvalue weighted by molar-refractivity contribution is -0.384. The summed E-state index contributed by atoms with van der Waals surface area (Å²) in [5.74, 6) is -1.51. The molecule has 0 spiro atoms. The van der Waals surface area contributed by atoms with E-state index in [0.717, 1.165) is 18.9 Å². The van der Waals surface area contributed by atoms with E-state index >= 15 is 0 Å². The average molecular weight is 402 g/mol. The minimum Gasteiger partial charge on any atom is -0.481 e. The van der Waals surface area contributed by atoms with Crippen LogP contribution in [-0.2, 0) is 4.79 Å². The molecule has 1 aliphatic carbocycles. The lowest BCUT2D eigenvalue weighted by atomic mass is 10.1. The smallest absolute Gasteiger partial charge is 0.293 e.